The summed E-state index contributed by atoms with van der Waals surface area (Å²) >= 11 is 6.73. The third-order valence-corrected chi connectivity index (χ3v) is 3.63. The molecule has 0 atom stereocenters. The van der Waals surface area contributed by atoms with Crippen LogP contribution in [-0.2, 0) is 10.1 Å². The molecule has 120 valence electrons. The number of rotatable bonds is 8. The van der Waals surface area contributed by atoms with E-state index in [1.165, 1.54) is 7.11 Å². The summed E-state index contributed by atoms with van der Waals surface area (Å²) in [4.78, 5) is 0. The van der Waals surface area contributed by atoms with Crippen LogP contribution < -0.4 is 9.47 Å². The monoisotopic (exact) mass is 434 g/mol. The van der Waals surface area contributed by atoms with Gasteiger partial charge in [-0.3, -0.25) is 0 Å². The molecule has 21 heavy (non-hydrogen) atoms. The van der Waals surface area contributed by atoms with Crippen molar-refractivity contribution in [2.45, 2.75) is 17.9 Å². The highest BCUT2D eigenvalue weighted by atomic mass is 79.9. The lowest BCUT2D eigenvalue weighted by molar-refractivity contribution is -0.174. The summed E-state index contributed by atoms with van der Waals surface area (Å²) in [6.07, 6.45) is -3.94. The molecule has 1 aromatic rings. The van der Waals surface area contributed by atoms with E-state index in [9.17, 15) is 13.2 Å². The molecule has 0 aliphatic heterocycles. The number of halogens is 5. The van der Waals surface area contributed by atoms with Crippen molar-refractivity contribution in [1.29, 1.82) is 0 Å². The summed E-state index contributed by atoms with van der Waals surface area (Å²) in [7, 11) is 1.53. The second kappa shape index (κ2) is 8.85. The Morgan fingerprint density at radius 3 is 2.48 bits per heavy atom. The minimum absolute atomic E-state index is 0.0150. The Morgan fingerprint density at radius 2 is 1.90 bits per heavy atom. The molecule has 1 aromatic carbocycles. The molecule has 0 saturated heterocycles. The van der Waals surface area contributed by atoms with Gasteiger partial charge in [0.15, 0.2) is 11.5 Å². The zero-order chi connectivity index (χ0) is 15.9. The van der Waals surface area contributed by atoms with E-state index in [-0.39, 0.29) is 13.2 Å². The molecule has 0 bridgehead atoms. The van der Waals surface area contributed by atoms with Crippen molar-refractivity contribution >= 4 is 31.9 Å². The summed E-state index contributed by atoms with van der Waals surface area (Å²) in [5.74, 6) is 1.09. The van der Waals surface area contributed by atoms with E-state index < -0.39 is 12.8 Å². The van der Waals surface area contributed by atoms with Gasteiger partial charge in [-0.05, 0) is 33.6 Å². The van der Waals surface area contributed by atoms with Gasteiger partial charge in [-0.1, -0.05) is 15.9 Å². The van der Waals surface area contributed by atoms with Crippen LogP contribution in [0.3, 0.4) is 0 Å². The van der Waals surface area contributed by atoms with Crippen LogP contribution in [0, 0.1) is 0 Å². The van der Waals surface area contributed by atoms with Gasteiger partial charge in [-0.25, -0.2) is 0 Å². The van der Waals surface area contributed by atoms with E-state index in [4.69, 9.17) is 9.47 Å². The molecule has 1 rings (SSSR count). The van der Waals surface area contributed by atoms with E-state index in [0.717, 1.165) is 10.0 Å². The van der Waals surface area contributed by atoms with Crippen LogP contribution >= 0.6 is 31.9 Å². The van der Waals surface area contributed by atoms with Crippen LogP contribution in [-0.4, -0.2) is 33.1 Å². The van der Waals surface area contributed by atoms with Crippen molar-refractivity contribution < 1.29 is 27.4 Å². The second-order valence-corrected chi connectivity index (χ2v) is 5.53. The van der Waals surface area contributed by atoms with E-state index in [2.05, 4.69) is 36.6 Å². The standard InChI is InChI=1S/C13H15Br2F3O3/c1-19-11-6-9(7-14)5-10(15)12(11)21-4-2-3-20-8-13(16,17)18/h5-6H,2-4,7-8H2,1H3. The molecular weight excluding hydrogens is 421 g/mol. The van der Waals surface area contributed by atoms with Crippen molar-refractivity contribution in [1.82, 2.24) is 0 Å². The van der Waals surface area contributed by atoms with Gasteiger partial charge in [0.25, 0.3) is 0 Å². The topological polar surface area (TPSA) is 27.7 Å². The van der Waals surface area contributed by atoms with Gasteiger partial charge < -0.3 is 14.2 Å². The van der Waals surface area contributed by atoms with E-state index in [1.54, 1.807) is 0 Å². The number of benzene rings is 1. The molecular formula is C13H15Br2F3O3. The summed E-state index contributed by atoms with van der Waals surface area (Å²) in [6.45, 7) is -1.01. The van der Waals surface area contributed by atoms with Gasteiger partial charge in [0.2, 0.25) is 0 Å². The number of hydrogen-bond acceptors (Lipinski definition) is 3. The van der Waals surface area contributed by atoms with Gasteiger partial charge in [-0.15, -0.1) is 0 Å². The van der Waals surface area contributed by atoms with Crippen LogP contribution in [0.15, 0.2) is 16.6 Å². The molecule has 0 heterocycles. The number of ether oxygens (including phenoxy) is 3. The van der Waals surface area contributed by atoms with Crippen molar-refractivity contribution in [2.75, 3.05) is 26.9 Å². The molecule has 0 aromatic heterocycles. The van der Waals surface area contributed by atoms with Gasteiger partial charge in [-0.2, -0.15) is 13.2 Å². The van der Waals surface area contributed by atoms with Crippen LogP contribution in [0.5, 0.6) is 11.5 Å². The average molecular weight is 436 g/mol. The second-order valence-electron chi connectivity index (χ2n) is 4.11. The zero-order valence-electron chi connectivity index (χ0n) is 11.3. The van der Waals surface area contributed by atoms with Crippen molar-refractivity contribution in [3.63, 3.8) is 0 Å². The Bertz CT molecular complexity index is 453. The maximum Gasteiger partial charge on any atom is 0.411 e. The Balaban J connectivity index is 2.45. The first-order valence-electron chi connectivity index (χ1n) is 6.07. The minimum Gasteiger partial charge on any atom is -0.493 e. The average Bonchev–Trinajstić information content (AvgIpc) is 2.42. The highest BCUT2D eigenvalue weighted by Crippen LogP contribution is 2.37. The number of methoxy groups -OCH3 is 1. The van der Waals surface area contributed by atoms with Crippen LogP contribution in [0.25, 0.3) is 0 Å². The Hall–Kier alpha value is -0.470. The molecule has 0 N–H and O–H groups in total. The van der Waals surface area contributed by atoms with Crippen LogP contribution in [0.2, 0.25) is 0 Å². The Kier molecular flexibility index (Phi) is 7.83. The molecule has 0 radical (unpaired) electrons. The maximum absolute atomic E-state index is 11.9. The summed E-state index contributed by atoms with van der Waals surface area (Å²) in [5, 5.41) is 0.674. The highest BCUT2D eigenvalue weighted by molar-refractivity contribution is 9.10. The summed E-state index contributed by atoms with van der Waals surface area (Å²) in [5.41, 5.74) is 1.01. The van der Waals surface area contributed by atoms with E-state index in [1.807, 2.05) is 12.1 Å². The first-order chi connectivity index (χ1) is 9.87. The zero-order valence-corrected chi connectivity index (χ0v) is 14.5. The lowest BCUT2D eigenvalue weighted by atomic mass is 10.2. The maximum atomic E-state index is 11.9. The third kappa shape index (κ3) is 6.88. The van der Waals surface area contributed by atoms with Gasteiger partial charge in [0.1, 0.15) is 6.61 Å². The number of hydrogen-bond donors (Lipinski definition) is 0. The van der Waals surface area contributed by atoms with Gasteiger partial charge >= 0.3 is 6.18 Å². The first kappa shape index (κ1) is 18.6. The fourth-order valence-corrected chi connectivity index (χ4v) is 2.44. The smallest absolute Gasteiger partial charge is 0.411 e. The first-order valence-corrected chi connectivity index (χ1v) is 7.98. The van der Waals surface area contributed by atoms with Crippen molar-refractivity contribution in [3.05, 3.63) is 22.2 Å². The van der Waals surface area contributed by atoms with E-state index in [0.29, 0.717) is 23.2 Å². The van der Waals surface area contributed by atoms with E-state index >= 15 is 0 Å². The van der Waals surface area contributed by atoms with Crippen LogP contribution in [0.1, 0.15) is 12.0 Å². The molecule has 3 nitrogen and oxygen atoms in total. The lowest BCUT2D eigenvalue weighted by Gasteiger charge is -2.14. The minimum atomic E-state index is -4.29. The van der Waals surface area contributed by atoms with Crippen molar-refractivity contribution in [2.24, 2.45) is 0 Å². The quantitative estimate of drug-likeness (QED) is 0.437. The largest absolute Gasteiger partial charge is 0.493 e. The third-order valence-electron chi connectivity index (χ3n) is 2.39. The predicted molar refractivity (Wildman–Crippen MR) is 80.3 cm³/mol. The summed E-state index contributed by atoms with van der Waals surface area (Å²) in [6, 6.07) is 3.71. The molecule has 8 heteroatoms. The lowest BCUT2D eigenvalue weighted by Crippen LogP contribution is -2.18. The van der Waals surface area contributed by atoms with Gasteiger partial charge in [0, 0.05) is 11.8 Å². The molecule has 0 spiro atoms. The Labute approximate surface area is 138 Å². The molecule has 0 unspecified atom stereocenters. The molecule has 0 fully saturated rings. The van der Waals surface area contributed by atoms with Crippen molar-refractivity contribution in [3.8, 4) is 11.5 Å². The molecule has 0 aliphatic rings. The normalized spacial score (nSPS) is 11.5. The summed E-state index contributed by atoms with van der Waals surface area (Å²) < 4.78 is 51.6. The van der Waals surface area contributed by atoms with Gasteiger partial charge in [0.05, 0.1) is 24.8 Å². The fourth-order valence-electron chi connectivity index (χ4n) is 1.51. The predicted octanol–water partition coefficient (Wildman–Crippen LogP) is 4.70. The Morgan fingerprint density at radius 1 is 1.19 bits per heavy atom. The number of alkyl halides is 4. The SMILES string of the molecule is COc1cc(CBr)cc(Br)c1OCCCOCC(F)(F)F. The highest BCUT2D eigenvalue weighted by Gasteiger charge is 2.27. The molecule has 0 saturated carbocycles. The molecule has 0 amide bonds. The fraction of sp³-hybridized carbons (Fsp3) is 0.538. The molecule has 0 aliphatic carbocycles. The van der Waals surface area contributed by atoms with Crippen LogP contribution in [0.4, 0.5) is 13.2 Å².